The van der Waals surface area contributed by atoms with E-state index in [0.29, 0.717) is 0 Å². The zero-order valence-electron chi connectivity index (χ0n) is 7.49. The van der Waals surface area contributed by atoms with Gasteiger partial charge in [-0.3, -0.25) is 0 Å². The molecule has 0 aliphatic carbocycles. The summed E-state index contributed by atoms with van der Waals surface area (Å²) in [7, 11) is -2.90. The fraction of sp³-hybridized carbons (Fsp3) is 0.500. The highest BCUT2D eigenvalue weighted by Gasteiger charge is 2.56. The molecule has 1 aliphatic heterocycles. The molecule has 1 heterocycles. The van der Waals surface area contributed by atoms with E-state index < -0.39 is 46.8 Å². The Hall–Kier alpha value is -1.10. The molecule has 0 fully saturated rings. The lowest BCUT2D eigenvalue weighted by molar-refractivity contribution is -1.63. The standard InChI is InChI=1S/C6H7ClO9/c8-1-6(12,16-7(13)14)4-2(9)3(10)5(11)15-4/h4,8-10,12H,1H2/t4-,6+/m0/s1. The second-order valence-electron chi connectivity index (χ2n) is 2.79. The molecule has 0 aromatic rings. The third-order valence-electron chi connectivity index (χ3n) is 1.74. The van der Waals surface area contributed by atoms with E-state index >= 15 is 0 Å². The van der Waals surface area contributed by atoms with Crippen LogP contribution in [0.2, 0.25) is 0 Å². The van der Waals surface area contributed by atoms with Crippen LogP contribution in [0.5, 0.6) is 0 Å². The zero-order chi connectivity index (χ0) is 12.5. The third-order valence-corrected chi connectivity index (χ3v) is 2.14. The number of halogens is 1. The molecule has 0 aromatic heterocycles. The maximum absolute atomic E-state index is 10.7. The maximum atomic E-state index is 10.7. The molecule has 0 amide bonds. The summed E-state index contributed by atoms with van der Waals surface area (Å²) >= 11 is 0. The van der Waals surface area contributed by atoms with Crippen molar-refractivity contribution in [1.29, 1.82) is 0 Å². The molecule has 4 N–H and O–H groups in total. The molecule has 0 aromatic carbocycles. The second-order valence-corrected chi connectivity index (χ2v) is 3.32. The van der Waals surface area contributed by atoms with Crippen LogP contribution in [0, 0.1) is 10.8 Å². The molecule has 9 nitrogen and oxygen atoms in total. The number of hydrogen-bond acceptors (Lipinski definition) is 9. The van der Waals surface area contributed by atoms with Gasteiger partial charge in [-0.15, -0.1) is 0 Å². The Morgan fingerprint density at radius 3 is 2.38 bits per heavy atom. The van der Waals surface area contributed by atoms with Crippen molar-refractivity contribution in [3.63, 3.8) is 0 Å². The number of aliphatic hydroxyl groups excluding tert-OH is 3. The van der Waals surface area contributed by atoms with Gasteiger partial charge in [0, 0.05) is 0 Å². The summed E-state index contributed by atoms with van der Waals surface area (Å²) in [6.07, 6.45) is -2.03. The van der Waals surface area contributed by atoms with E-state index in [9.17, 15) is 19.2 Å². The molecule has 0 bridgehead atoms. The van der Waals surface area contributed by atoms with Crippen molar-refractivity contribution < 1.29 is 54.3 Å². The third kappa shape index (κ3) is 2.19. The molecular formula is C6H7ClO9. The molecule has 0 saturated heterocycles. The van der Waals surface area contributed by atoms with Crippen molar-refractivity contribution >= 4 is 5.97 Å². The van der Waals surface area contributed by atoms with E-state index in [0.717, 1.165) is 0 Å². The Bertz CT molecular complexity index is 326. The molecule has 0 saturated carbocycles. The van der Waals surface area contributed by atoms with Gasteiger partial charge in [-0.1, -0.05) is 0 Å². The molecule has 0 spiro atoms. The van der Waals surface area contributed by atoms with Gasteiger partial charge in [-0.2, -0.15) is 0 Å². The zero-order valence-corrected chi connectivity index (χ0v) is 8.25. The van der Waals surface area contributed by atoms with E-state index in [1.54, 1.807) is 0 Å². The van der Waals surface area contributed by atoms with Gasteiger partial charge in [-0.05, 0) is 0 Å². The molecule has 92 valence electrons. The first kappa shape index (κ1) is 13.0. The SMILES string of the molecule is O=C1O[C@H]([C@@](O)(CO)O[Cl+2]([O-])[O-])C(O)=C1O. The number of cyclic esters (lactones) is 1. The van der Waals surface area contributed by atoms with Gasteiger partial charge in [0.1, 0.15) is 6.61 Å². The fourth-order valence-electron chi connectivity index (χ4n) is 1.01. The van der Waals surface area contributed by atoms with E-state index in [4.69, 9.17) is 15.3 Å². The number of rotatable bonds is 4. The first-order valence-corrected chi connectivity index (χ1v) is 4.65. The van der Waals surface area contributed by atoms with Crippen LogP contribution in [-0.4, -0.2) is 44.9 Å². The van der Waals surface area contributed by atoms with Crippen molar-refractivity contribution in [3.8, 4) is 0 Å². The quantitative estimate of drug-likeness (QED) is 0.291. The van der Waals surface area contributed by atoms with E-state index in [2.05, 4.69) is 9.03 Å². The Morgan fingerprint density at radius 1 is 1.50 bits per heavy atom. The number of esters is 1. The molecule has 0 unspecified atom stereocenters. The van der Waals surface area contributed by atoms with Crippen LogP contribution >= 0.6 is 0 Å². The average Bonchev–Trinajstić information content (AvgIpc) is 2.45. The van der Waals surface area contributed by atoms with Crippen LogP contribution in [0.3, 0.4) is 0 Å². The highest BCUT2D eigenvalue weighted by atomic mass is 35.6. The summed E-state index contributed by atoms with van der Waals surface area (Å²) < 4.78 is 28.4. The molecule has 10 heteroatoms. The van der Waals surface area contributed by atoms with E-state index in [-0.39, 0.29) is 0 Å². The lowest BCUT2D eigenvalue weighted by Gasteiger charge is -2.22. The molecule has 1 rings (SSSR count). The Kier molecular flexibility index (Phi) is 3.57. The largest absolute Gasteiger partial charge is 0.505 e. The number of ether oxygens (including phenoxy) is 1. The molecular weight excluding hydrogens is 252 g/mol. The van der Waals surface area contributed by atoms with Crippen molar-refractivity contribution in [2.75, 3.05) is 6.61 Å². The number of hydrogen-bond donors (Lipinski definition) is 4. The van der Waals surface area contributed by atoms with Crippen molar-refractivity contribution in [2.45, 2.75) is 11.9 Å². The first-order chi connectivity index (χ1) is 7.31. The molecule has 0 radical (unpaired) electrons. The lowest BCUT2D eigenvalue weighted by atomic mass is 10.1. The van der Waals surface area contributed by atoms with E-state index in [1.165, 1.54) is 0 Å². The fourth-order valence-corrected chi connectivity index (χ4v) is 1.36. The smallest absolute Gasteiger partial charge is 0.378 e. The normalized spacial score (nSPS) is 24.8. The summed E-state index contributed by atoms with van der Waals surface area (Å²) in [6.45, 7) is -1.30. The minimum Gasteiger partial charge on any atom is -0.505 e. The summed E-state index contributed by atoms with van der Waals surface area (Å²) in [6, 6.07) is 0. The van der Waals surface area contributed by atoms with Gasteiger partial charge in [0.05, 0.1) is 4.29 Å². The van der Waals surface area contributed by atoms with Crippen LogP contribution in [-0.2, 0) is 13.8 Å². The minimum absolute atomic E-state index is 1.14. The predicted molar refractivity (Wildman–Crippen MR) is 35.3 cm³/mol. The Balaban J connectivity index is 2.95. The van der Waals surface area contributed by atoms with Gasteiger partial charge in [-0.25, -0.2) is 4.79 Å². The topological polar surface area (TPSA) is 163 Å². The van der Waals surface area contributed by atoms with Crippen LogP contribution in [0.15, 0.2) is 11.5 Å². The Labute approximate surface area is 91.2 Å². The lowest BCUT2D eigenvalue weighted by Crippen LogP contribution is -2.54. The van der Waals surface area contributed by atoms with Crippen molar-refractivity contribution in [2.24, 2.45) is 0 Å². The van der Waals surface area contributed by atoms with Crippen LogP contribution < -0.4 is 9.32 Å². The number of aliphatic hydroxyl groups is 4. The average molecular weight is 259 g/mol. The summed E-state index contributed by atoms with van der Waals surface area (Å²) in [5.41, 5.74) is 0. The summed E-state index contributed by atoms with van der Waals surface area (Å²) in [4.78, 5) is 10.7. The van der Waals surface area contributed by atoms with E-state index in [1.807, 2.05) is 0 Å². The van der Waals surface area contributed by atoms with Crippen LogP contribution in [0.25, 0.3) is 0 Å². The van der Waals surface area contributed by atoms with Crippen LogP contribution in [0.1, 0.15) is 0 Å². The molecule has 2 atom stereocenters. The second kappa shape index (κ2) is 4.41. The predicted octanol–water partition coefficient (Wildman–Crippen LogP) is -3.98. The monoisotopic (exact) mass is 258 g/mol. The Morgan fingerprint density at radius 2 is 2.06 bits per heavy atom. The number of carbonyl (C=O) groups excluding carboxylic acids is 1. The van der Waals surface area contributed by atoms with Crippen molar-refractivity contribution in [1.82, 2.24) is 0 Å². The minimum atomic E-state index is -2.91. The van der Waals surface area contributed by atoms with Gasteiger partial charge >= 0.3 is 11.8 Å². The first-order valence-electron chi connectivity index (χ1n) is 3.73. The highest BCUT2D eigenvalue weighted by Crippen LogP contribution is 2.29. The van der Waals surface area contributed by atoms with Gasteiger partial charge < -0.3 is 34.5 Å². The van der Waals surface area contributed by atoms with Gasteiger partial charge in [0.2, 0.25) is 11.9 Å². The molecule has 1 aliphatic rings. The molecule has 16 heavy (non-hydrogen) atoms. The number of carbonyl (C=O) groups is 1. The summed E-state index contributed by atoms with van der Waals surface area (Å²) in [5.74, 6) is -6.63. The highest BCUT2D eigenvalue weighted by molar-refractivity contribution is 5.89. The van der Waals surface area contributed by atoms with Gasteiger partial charge in [0.15, 0.2) is 5.76 Å². The van der Waals surface area contributed by atoms with Crippen molar-refractivity contribution in [3.05, 3.63) is 11.5 Å². The summed E-state index contributed by atoms with van der Waals surface area (Å²) in [5, 5.41) is 36.2. The maximum Gasteiger partial charge on any atom is 0.378 e. The van der Waals surface area contributed by atoms with Gasteiger partial charge in [0.25, 0.3) is 10.8 Å². The van der Waals surface area contributed by atoms with Crippen LogP contribution in [0.4, 0.5) is 0 Å².